The molecule has 1 aliphatic rings. The summed E-state index contributed by atoms with van der Waals surface area (Å²) in [7, 11) is -3.94. The summed E-state index contributed by atoms with van der Waals surface area (Å²) >= 11 is 1.54. The average molecular weight is 424 g/mol. The van der Waals surface area contributed by atoms with E-state index < -0.39 is 21.8 Å². The highest BCUT2D eigenvalue weighted by atomic mass is 32.2. The van der Waals surface area contributed by atoms with Crippen LogP contribution in [0.25, 0.3) is 11.3 Å². The first-order valence-corrected chi connectivity index (χ1v) is 10.7. The highest BCUT2D eigenvalue weighted by Crippen LogP contribution is 2.37. The van der Waals surface area contributed by atoms with Gasteiger partial charge in [0.2, 0.25) is 0 Å². The zero-order valence-electron chi connectivity index (χ0n) is 14.7. The smallest absolute Gasteiger partial charge is 0.266 e. The standard InChI is InChI=1S/C19H15F3N2O2S2/c1-12-23-17(11-27-12)13-2-7-18-14(10-13)8-9-24(18)28(25,26)16-5-3-15(4-6-16)19(20,21)22/h2-7,10-11H,8-9H2,1H3. The van der Waals surface area contributed by atoms with Crippen molar-refractivity contribution in [3.63, 3.8) is 0 Å². The van der Waals surface area contributed by atoms with E-state index in [1.807, 2.05) is 24.4 Å². The molecule has 2 aromatic carbocycles. The fourth-order valence-corrected chi connectivity index (χ4v) is 5.34. The largest absolute Gasteiger partial charge is 0.416 e. The number of halogens is 3. The lowest BCUT2D eigenvalue weighted by molar-refractivity contribution is -0.137. The molecule has 0 spiro atoms. The Kier molecular flexibility index (Phi) is 4.46. The number of aromatic nitrogens is 1. The average Bonchev–Trinajstić information content (AvgIpc) is 3.27. The molecular formula is C19H15F3N2O2S2. The number of aryl methyl sites for hydroxylation is 1. The maximum absolute atomic E-state index is 13.0. The summed E-state index contributed by atoms with van der Waals surface area (Å²) in [5.41, 5.74) is 2.30. The number of hydrogen-bond donors (Lipinski definition) is 0. The Bertz CT molecular complexity index is 1140. The maximum Gasteiger partial charge on any atom is 0.416 e. The second kappa shape index (κ2) is 6.59. The highest BCUT2D eigenvalue weighted by molar-refractivity contribution is 7.92. The van der Waals surface area contributed by atoms with Gasteiger partial charge in [0.25, 0.3) is 10.0 Å². The van der Waals surface area contributed by atoms with Gasteiger partial charge in [-0.2, -0.15) is 13.2 Å². The van der Waals surface area contributed by atoms with Gasteiger partial charge in [0.1, 0.15) is 0 Å². The molecule has 0 fully saturated rings. The van der Waals surface area contributed by atoms with Crippen LogP contribution in [0.2, 0.25) is 0 Å². The summed E-state index contributed by atoms with van der Waals surface area (Å²) in [5, 5.41) is 2.89. The fraction of sp³-hybridized carbons (Fsp3) is 0.211. The molecule has 2 heterocycles. The minimum absolute atomic E-state index is 0.160. The summed E-state index contributed by atoms with van der Waals surface area (Å²) in [5.74, 6) is 0. The Labute approximate surface area is 164 Å². The molecule has 4 nitrogen and oxygen atoms in total. The van der Waals surface area contributed by atoms with E-state index in [4.69, 9.17) is 0 Å². The van der Waals surface area contributed by atoms with E-state index in [1.54, 1.807) is 6.07 Å². The molecule has 4 rings (SSSR count). The van der Waals surface area contributed by atoms with E-state index in [-0.39, 0.29) is 11.4 Å². The van der Waals surface area contributed by atoms with Crippen LogP contribution in [0.1, 0.15) is 16.1 Å². The van der Waals surface area contributed by atoms with Gasteiger partial charge < -0.3 is 0 Å². The molecule has 1 aliphatic heterocycles. The topological polar surface area (TPSA) is 50.3 Å². The molecule has 1 aromatic heterocycles. The second-order valence-corrected chi connectivity index (χ2v) is 9.37. The predicted octanol–water partition coefficient (Wildman–Crippen LogP) is 4.89. The van der Waals surface area contributed by atoms with Crippen LogP contribution in [-0.4, -0.2) is 19.9 Å². The van der Waals surface area contributed by atoms with Crippen molar-refractivity contribution in [1.82, 2.24) is 4.98 Å². The lowest BCUT2D eigenvalue weighted by Crippen LogP contribution is -2.29. The van der Waals surface area contributed by atoms with Gasteiger partial charge in [0, 0.05) is 17.5 Å². The first-order chi connectivity index (χ1) is 13.2. The minimum atomic E-state index is -4.51. The van der Waals surface area contributed by atoms with Crippen molar-refractivity contribution < 1.29 is 21.6 Å². The van der Waals surface area contributed by atoms with Gasteiger partial charge in [-0.15, -0.1) is 11.3 Å². The summed E-state index contributed by atoms with van der Waals surface area (Å²) in [6.45, 7) is 2.16. The molecule has 0 bridgehead atoms. The number of rotatable bonds is 3. The first kappa shape index (κ1) is 18.9. The molecule has 0 unspecified atom stereocenters. The van der Waals surface area contributed by atoms with Crippen LogP contribution < -0.4 is 4.31 Å². The van der Waals surface area contributed by atoms with Crippen molar-refractivity contribution >= 4 is 27.0 Å². The van der Waals surface area contributed by atoms with Crippen LogP contribution in [0.15, 0.2) is 52.7 Å². The lowest BCUT2D eigenvalue weighted by Gasteiger charge is -2.20. The van der Waals surface area contributed by atoms with Gasteiger partial charge in [-0.1, -0.05) is 6.07 Å². The quantitative estimate of drug-likeness (QED) is 0.602. The Hall–Kier alpha value is -2.39. The number of sulfonamides is 1. The van der Waals surface area contributed by atoms with Crippen molar-refractivity contribution in [2.24, 2.45) is 0 Å². The van der Waals surface area contributed by atoms with Crippen molar-refractivity contribution in [3.05, 3.63) is 64.0 Å². The van der Waals surface area contributed by atoms with Crippen LogP contribution in [0, 0.1) is 6.92 Å². The third kappa shape index (κ3) is 3.29. The number of alkyl halides is 3. The van der Waals surface area contributed by atoms with Gasteiger partial charge in [0.15, 0.2) is 0 Å². The molecule has 0 N–H and O–H groups in total. The van der Waals surface area contributed by atoms with Crippen LogP contribution in [0.5, 0.6) is 0 Å². The SMILES string of the molecule is Cc1nc(-c2ccc3c(c2)CCN3S(=O)(=O)c2ccc(C(F)(F)F)cc2)cs1. The number of anilines is 1. The first-order valence-electron chi connectivity index (χ1n) is 8.42. The molecule has 0 atom stereocenters. The Morgan fingerprint density at radius 3 is 2.43 bits per heavy atom. The maximum atomic E-state index is 13.0. The van der Waals surface area contributed by atoms with E-state index in [2.05, 4.69) is 4.98 Å². The minimum Gasteiger partial charge on any atom is -0.266 e. The van der Waals surface area contributed by atoms with Gasteiger partial charge >= 0.3 is 6.18 Å². The van der Waals surface area contributed by atoms with Crippen LogP contribution in [0.3, 0.4) is 0 Å². The number of fused-ring (bicyclic) bond motifs is 1. The Morgan fingerprint density at radius 2 is 1.82 bits per heavy atom. The zero-order chi connectivity index (χ0) is 20.1. The van der Waals surface area contributed by atoms with E-state index in [9.17, 15) is 21.6 Å². The predicted molar refractivity (Wildman–Crippen MR) is 102 cm³/mol. The number of hydrogen-bond acceptors (Lipinski definition) is 4. The monoisotopic (exact) mass is 424 g/mol. The van der Waals surface area contributed by atoms with Crippen LogP contribution in [0.4, 0.5) is 18.9 Å². The van der Waals surface area contributed by atoms with E-state index in [1.165, 1.54) is 15.6 Å². The van der Waals surface area contributed by atoms with Crippen LogP contribution in [-0.2, 0) is 22.6 Å². The van der Waals surface area contributed by atoms with E-state index in [0.717, 1.165) is 46.1 Å². The zero-order valence-corrected chi connectivity index (χ0v) is 16.3. The molecule has 146 valence electrons. The van der Waals surface area contributed by atoms with Gasteiger partial charge in [-0.25, -0.2) is 13.4 Å². The van der Waals surface area contributed by atoms with E-state index >= 15 is 0 Å². The summed E-state index contributed by atoms with van der Waals surface area (Å²) < 4.78 is 65.3. The van der Waals surface area contributed by atoms with Crippen LogP contribution >= 0.6 is 11.3 Å². The molecule has 0 saturated carbocycles. The normalized spacial score (nSPS) is 14.4. The fourth-order valence-electron chi connectivity index (χ4n) is 3.22. The van der Waals surface area contributed by atoms with Crippen molar-refractivity contribution in [2.75, 3.05) is 10.8 Å². The van der Waals surface area contributed by atoms with Gasteiger partial charge in [0.05, 0.1) is 26.8 Å². The van der Waals surface area contributed by atoms with Crippen molar-refractivity contribution in [3.8, 4) is 11.3 Å². The van der Waals surface area contributed by atoms with Gasteiger partial charge in [-0.3, -0.25) is 4.31 Å². The number of nitrogens with zero attached hydrogens (tertiary/aromatic N) is 2. The Balaban J connectivity index is 1.66. The lowest BCUT2D eigenvalue weighted by atomic mass is 10.1. The summed E-state index contributed by atoms with van der Waals surface area (Å²) in [6, 6.07) is 9.05. The Morgan fingerprint density at radius 1 is 1.11 bits per heavy atom. The summed E-state index contributed by atoms with van der Waals surface area (Å²) in [6.07, 6.45) is -3.97. The van der Waals surface area contributed by atoms with Crippen molar-refractivity contribution in [1.29, 1.82) is 0 Å². The molecule has 9 heteroatoms. The molecule has 3 aromatic rings. The third-order valence-electron chi connectivity index (χ3n) is 4.62. The molecule has 0 radical (unpaired) electrons. The summed E-state index contributed by atoms with van der Waals surface area (Å²) in [4.78, 5) is 4.28. The molecule has 0 saturated heterocycles. The molecule has 28 heavy (non-hydrogen) atoms. The highest BCUT2D eigenvalue weighted by Gasteiger charge is 2.33. The molecule has 0 aliphatic carbocycles. The van der Waals surface area contributed by atoms with Crippen molar-refractivity contribution in [2.45, 2.75) is 24.4 Å². The molecule has 0 amide bonds. The van der Waals surface area contributed by atoms with E-state index in [0.29, 0.717) is 12.1 Å². The van der Waals surface area contributed by atoms with Gasteiger partial charge in [-0.05, 0) is 55.3 Å². The number of thiazole rings is 1. The second-order valence-electron chi connectivity index (χ2n) is 6.44. The number of benzene rings is 2. The molecular weight excluding hydrogens is 409 g/mol. The third-order valence-corrected chi connectivity index (χ3v) is 7.22.